The Balaban J connectivity index is 1.21. The molecule has 4 aliphatic heterocycles. The number of allylic oxidation sites excluding steroid dienone is 1. The fourth-order valence-corrected chi connectivity index (χ4v) is 8.39. The van der Waals surface area contributed by atoms with E-state index in [1.165, 1.54) is 23.4 Å². The van der Waals surface area contributed by atoms with Crippen molar-refractivity contribution in [2.75, 3.05) is 18.9 Å². The second-order valence-corrected chi connectivity index (χ2v) is 16.1. The highest BCUT2D eigenvalue weighted by molar-refractivity contribution is 7.61. The van der Waals surface area contributed by atoms with E-state index in [-0.39, 0.29) is 29.0 Å². The van der Waals surface area contributed by atoms with Crippen molar-refractivity contribution in [3.8, 4) is 0 Å². The summed E-state index contributed by atoms with van der Waals surface area (Å²) in [5.41, 5.74) is 10.8. The number of esters is 2. The molecule has 2 aromatic rings. The van der Waals surface area contributed by atoms with E-state index in [2.05, 4.69) is 23.8 Å². The Bertz CT molecular complexity index is 2100. The number of primary amides is 1. The van der Waals surface area contributed by atoms with E-state index in [4.69, 9.17) is 39.5 Å². The Hall–Kier alpha value is -3.79. The van der Waals surface area contributed by atoms with Crippen molar-refractivity contribution in [1.29, 1.82) is 0 Å². The molecule has 0 saturated carbocycles. The smallest absolute Gasteiger partial charge is 0.422 e. The summed E-state index contributed by atoms with van der Waals surface area (Å²) in [5.74, 6) is -11.2. The zero-order chi connectivity index (χ0) is 40.3. The molecule has 6 heterocycles. The number of hydrogen-bond donors (Lipinski definition) is 9. The number of aliphatic hydroxyl groups excluding tert-OH is 2. The number of anilines is 1. The molecule has 0 radical (unpaired) electrons. The minimum absolute atomic E-state index is 0.118. The van der Waals surface area contributed by atoms with Crippen LogP contribution >= 0.6 is 23.5 Å². The number of nitrogens with zero attached hydrogens (tertiary/aromatic N) is 5. The number of imidazole rings is 1. The quantitative estimate of drug-likeness (QED) is 0.0538. The number of amides is 1. The highest BCUT2D eigenvalue weighted by atomic mass is 31.3. The minimum Gasteiger partial charge on any atom is -0.422 e. The molecule has 0 aliphatic carbocycles. The fourth-order valence-electron chi connectivity index (χ4n) is 5.75. The summed E-state index contributed by atoms with van der Waals surface area (Å²) in [6, 6.07) is 0. The topological polar surface area (TPSA) is 417 Å². The summed E-state index contributed by atoms with van der Waals surface area (Å²) in [6.45, 7) is -2.86. The second-order valence-electron chi connectivity index (χ2n) is 11.9. The van der Waals surface area contributed by atoms with Gasteiger partial charge < -0.3 is 70.2 Å². The molecule has 2 unspecified atom stereocenters. The number of phosphoric acid groups is 3. The number of hydrogen-bond acceptors (Lipinski definition) is 22. The molecule has 6 rings (SSSR count). The lowest BCUT2D eigenvalue weighted by Crippen LogP contribution is -2.62. The molecule has 0 bridgehead atoms. The molecule has 11 N–H and O–H groups in total. The molecule has 0 spiro atoms. The molecule has 4 aliphatic rings. The summed E-state index contributed by atoms with van der Waals surface area (Å²) in [7, 11) is -17.4. The van der Waals surface area contributed by atoms with Gasteiger partial charge in [-0.25, -0.2) is 28.6 Å². The van der Waals surface area contributed by atoms with Gasteiger partial charge in [-0.1, -0.05) is 6.08 Å². The first-order valence-corrected chi connectivity index (χ1v) is 19.7. The van der Waals surface area contributed by atoms with Crippen molar-refractivity contribution in [3.63, 3.8) is 0 Å². The Labute approximate surface area is 305 Å². The Kier molecular flexibility index (Phi) is 10.9. The lowest BCUT2D eigenvalue weighted by molar-refractivity contribution is -0.350. The van der Waals surface area contributed by atoms with Crippen molar-refractivity contribution in [3.05, 3.63) is 36.7 Å². The van der Waals surface area contributed by atoms with Crippen LogP contribution in [0.25, 0.3) is 11.2 Å². The van der Waals surface area contributed by atoms with Crippen molar-refractivity contribution in [2.24, 2.45) is 5.73 Å². The summed E-state index contributed by atoms with van der Waals surface area (Å²) in [4.78, 5) is 89.7. The first-order chi connectivity index (χ1) is 25.5. The van der Waals surface area contributed by atoms with Crippen LogP contribution in [0.2, 0.25) is 0 Å². The number of nitrogens with two attached hydrogens (primary N) is 2. The van der Waals surface area contributed by atoms with Gasteiger partial charge in [0.05, 0.1) is 12.9 Å². The third-order valence-corrected chi connectivity index (χ3v) is 11.2. The molecule has 55 heavy (non-hydrogen) atoms. The van der Waals surface area contributed by atoms with E-state index in [0.717, 1.165) is 17.2 Å². The Morgan fingerprint density at radius 1 is 1.00 bits per heavy atom. The maximum atomic E-state index is 13.0. The highest BCUT2D eigenvalue weighted by Crippen LogP contribution is 2.62. The van der Waals surface area contributed by atoms with Gasteiger partial charge in [0.15, 0.2) is 30.0 Å². The average molecular weight is 845 g/mol. The monoisotopic (exact) mass is 845 g/mol. The van der Waals surface area contributed by atoms with Crippen molar-refractivity contribution in [1.82, 2.24) is 24.4 Å². The van der Waals surface area contributed by atoms with Crippen LogP contribution in [0.3, 0.4) is 0 Å². The number of ether oxygens (including phenoxy) is 4. The van der Waals surface area contributed by atoms with E-state index >= 15 is 0 Å². The summed E-state index contributed by atoms with van der Waals surface area (Å²) < 4.78 is 78.2. The van der Waals surface area contributed by atoms with Crippen LogP contribution in [-0.4, -0.2) is 133 Å². The molecule has 2 aromatic heterocycles. The molecule has 3 fully saturated rings. The molecule has 0 aromatic carbocycles. The Morgan fingerprint density at radius 2 is 1.69 bits per heavy atom. The summed E-state index contributed by atoms with van der Waals surface area (Å²) in [5, 5.41) is 32.7. The number of fused-ring (bicyclic) bond motifs is 2. The third kappa shape index (κ3) is 8.21. The number of carbonyl (C=O) groups excluding carboxylic acids is 3. The van der Waals surface area contributed by atoms with E-state index in [1.807, 2.05) is 0 Å². The zero-order valence-corrected chi connectivity index (χ0v) is 29.9. The normalized spacial score (nSPS) is 33.3. The lowest BCUT2D eigenvalue weighted by Gasteiger charge is -2.37. The van der Waals surface area contributed by atoms with E-state index in [0.29, 0.717) is 0 Å². The standard InChI is InChI=1S/C24H30N7O21P3/c25-18-14-20(28-8-27-18)31(9-29-14)22-17(51-53(38,39)40)24(37)23(50-22,48-12(32)4-13(33)49-24)7-46-55(43,44)52-54(41,42)45-6-11-15(34)16(35)21(47-11)30-3-1-2-10(5-30)19(26)36/h1,3,5,8-9,11,15-17,21-22,34-35,37H,2,4,6-7H2,(H2,26,36)(H,41,42)(H,43,44)(H2,25,27,28)(H2,38,39,40)/t11-,15-,16-,17-,21-,22-,23+,24-/m1/s1. The van der Waals surface area contributed by atoms with Crippen LogP contribution in [0.1, 0.15) is 19.1 Å². The predicted molar refractivity (Wildman–Crippen MR) is 167 cm³/mol. The molecular weight excluding hydrogens is 815 g/mol. The molecule has 1 amide bonds. The summed E-state index contributed by atoms with van der Waals surface area (Å²) >= 11 is 0. The van der Waals surface area contributed by atoms with Gasteiger partial charge in [-0.05, 0) is 6.42 Å². The van der Waals surface area contributed by atoms with Crippen molar-refractivity contribution in [2.45, 2.75) is 61.3 Å². The number of aromatic nitrogens is 4. The van der Waals surface area contributed by atoms with Gasteiger partial charge in [0.25, 0.3) is 0 Å². The van der Waals surface area contributed by atoms with Crippen molar-refractivity contribution < 1.29 is 99.8 Å². The zero-order valence-electron chi connectivity index (χ0n) is 27.3. The number of carbonyl (C=O) groups is 3. The number of phosphoric ester groups is 3. The molecule has 302 valence electrons. The maximum Gasteiger partial charge on any atom is 0.481 e. The van der Waals surface area contributed by atoms with Gasteiger partial charge >= 0.3 is 47.0 Å². The van der Waals surface area contributed by atoms with Gasteiger partial charge in [0.1, 0.15) is 43.2 Å². The first kappa shape index (κ1) is 40.9. The Morgan fingerprint density at radius 3 is 2.38 bits per heavy atom. The number of nitrogen functional groups attached to an aromatic ring is 1. The maximum absolute atomic E-state index is 13.0. The third-order valence-electron chi connectivity index (χ3n) is 8.14. The largest absolute Gasteiger partial charge is 0.481 e. The van der Waals surface area contributed by atoms with Gasteiger partial charge in [0.2, 0.25) is 5.91 Å². The number of aliphatic hydroxyl groups is 3. The molecule has 28 nitrogen and oxygen atoms in total. The van der Waals surface area contributed by atoms with Gasteiger partial charge in [-0.3, -0.25) is 32.5 Å². The second kappa shape index (κ2) is 14.6. The fraction of sp³-hybridized carbons (Fsp3) is 0.500. The first-order valence-electron chi connectivity index (χ1n) is 15.2. The van der Waals surface area contributed by atoms with Crippen LogP contribution in [0.15, 0.2) is 36.7 Å². The molecular formula is C24H30N7O21P3. The predicted octanol–water partition coefficient (Wildman–Crippen LogP) is -3.42. The van der Waals surface area contributed by atoms with E-state index in [9.17, 15) is 63.0 Å². The van der Waals surface area contributed by atoms with E-state index in [1.54, 1.807) is 0 Å². The molecule has 3 saturated heterocycles. The van der Waals surface area contributed by atoms with Gasteiger partial charge in [-0.2, -0.15) is 4.31 Å². The van der Waals surface area contributed by atoms with E-state index < -0.39 is 109 Å². The highest BCUT2D eigenvalue weighted by Gasteiger charge is 2.75. The van der Waals surface area contributed by atoms with Gasteiger partial charge in [-0.15, -0.1) is 0 Å². The van der Waals surface area contributed by atoms with Crippen molar-refractivity contribution >= 4 is 58.3 Å². The number of rotatable bonds is 13. The average Bonchev–Trinajstić information content (AvgIpc) is 3.67. The van der Waals surface area contributed by atoms with Crippen LogP contribution < -0.4 is 11.5 Å². The SMILES string of the molecule is NC(=O)C1=CN([C@@H]2O[C@H](COP(=O)(O)OP(=O)(O)OC[C@@]34OC(=O)CC(=O)O[C@]3(O)[C@H](OP(=O)(O)O)[C@H](n3cnc5c(N)ncnc53)O4)[C@@H](O)[C@H]2O)C=CC1. The lowest BCUT2D eigenvalue weighted by atomic mass is 10.0. The van der Waals surface area contributed by atoms with Crippen LogP contribution in [-0.2, 0) is 64.9 Å². The molecule has 10 atom stereocenters. The van der Waals surface area contributed by atoms with Crippen LogP contribution in [0, 0.1) is 0 Å². The molecule has 31 heteroatoms. The van der Waals surface area contributed by atoms with Gasteiger partial charge in [0, 0.05) is 18.0 Å². The van der Waals surface area contributed by atoms with Crippen LogP contribution in [0.5, 0.6) is 0 Å². The van der Waals surface area contributed by atoms with Crippen LogP contribution in [0.4, 0.5) is 5.82 Å². The summed E-state index contributed by atoms with van der Waals surface area (Å²) in [6.07, 6.45) is -6.39. The minimum atomic E-state index is -5.97.